The maximum absolute atomic E-state index is 11.8. The Hall–Kier alpha value is -1.14. The van der Waals surface area contributed by atoms with Gasteiger partial charge in [0.05, 0.1) is 18.8 Å². The SMILES string of the molecule is CCOC(=O)[C@@H](NC(=O)[C@@H]1CCCN1)[C@@H](C)O. The molecule has 1 aliphatic rings. The maximum Gasteiger partial charge on any atom is 0.331 e. The van der Waals surface area contributed by atoms with Crippen LogP contribution in [0.25, 0.3) is 0 Å². The fraction of sp³-hybridized carbons (Fsp3) is 0.818. The lowest BCUT2D eigenvalue weighted by Gasteiger charge is -2.21. The number of aliphatic hydroxyl groups is 1. The Bertz CT molecular complexity index is 275. The number of nitrogens with one attached hydrogen (secondary N) is 2. The van der Waals surface area contributed by atoms with E-state index in [0.29, 0.717) is 0 Å². The van der Waals surface area contributed by atoms with Crippen LogP contribution in [0.15, 0.2) is 0 Å². The number of aliphatic hydroxyl groups excluding tert-OH is 1. The number of hydrogen-bond donors (Lipinski definition) is 3. The van der Waals surface area contributed by atoms with E-state index in [1.165, 1.54) is 6.92 Å². The second-order valence-electron chi connectivity index (χ2n) is 4.13. The highest BCUT2D eigenvalue weighted by Gasteiger charge is 2.30. The second-order valence-corrected chi connectivity index (χ2v) is 4.13. The van der Waals surface area contributed by atoms with Gasteiger partial charge in [-0.3, -0.25) is 4.79 Å². The molecule has 6 nitrogen and oxygen atoms in total. The van der Waals surface area contributed by atoms with Gasteiger partial charge in [-0.25, -0.2) is 4.79 Å². The van der Waals surface area contributed by atoms with Crippen molar-refractivity contribution >= 4 is 11.9 Å². The van der Waals surface area contributed by atoms with Crippen LogP contribution >= 0.6 is 0 Å². The van der Waals surface area contributed by atoms with E-state index in [0.717, 1.165) is 19.4 Å². The fourth-order valence-electron chi connectivity index (χ4n) is 1.77. The van der Waals surface area contributed by atoms with Crippen LogP contribution in [0.3, 0.4) is 0 Å². The van der Waals surface area contributed by atoms with Crippen LogP contribution in [0.2, 0.25) is 0 Å². The molecule has 0 aromatic heterocycles. The molecule has 1 saturated heterocycles. The predicted octanol–water partition coefficient (Wildman–Crippen LogP) is -0.833. The van der Waals surface area contributed by atoms with Crippen molar-refractivity contribution in [3.63, 3.8) is 0 Å². The molecule has 3 N–H and O–H groups in total. The van der Waals surface area contributed by atoms with Crippen LogP contribution in [0.5, 0.6) is 0 Å². The minimum Gasteiger partial charge on any atom is -0.464 e. The highest BCUT2D eigenvalue weighted by molar-refractivity contribution is 5.88. The van der Waals surface area contributed by atoms with Crippen molar-refractivity contribution in [2.24, 2.45) is 0 Å². The van der Waals surface area contributed by atoms with Gasteiger partial charge in [0.15, 0.2) is 6.04 Å². The average Bonchev–Trinajstić information content (AvgIpc) is 2.78. The standard InChI is InChI=1S/C11H20N2O4/c1-3-17-11(16)9(7(2)14)13-10(15)8-5-4-6-12-8/h7-9,12,14H,3-6H2,1-2H3,(H,13,15)/t7-,8+,9+/m1/s1. The largest absolute Gasteiger partial charge is 0.464 e. The van der Waals surface area contributed by atoms with E-state index in [-0.39, 0.29) is 18.6 Å². The van der Waals surface area contributed by atoms with Gasteiger partial charge in [-0.2, -0.15) is 0 Å². The van der Waals surface area contributed by atoms with Crippen molar-refractivity contribution in [3.8, 4) is 0 Å². The molecule has 0 unspecified atom stereocenters. The normalized spacial score (nSPS) is 22.9. The van der Waals surface area contributed by atoms with Crippen molar-refractivity contribution < 1.29 is 19.4 Å². The monoisotopic (exact) mass is 244 g/mol. The second kappa shape index (κ2) is 6.56. The van der Waals surface area contributed by atoms with Crippen molar-refractivity contribution in [1.82, 2.24) is 10.6 Å². The summed E-state index contributed by atoms with van der Waals surface area (Å²) in [5, 5.41) is 15.0. The molecule has 0 saturated carbocycles. The third-order valence-corrected chi connectivity index (χ3v) is 2.70. The third kappa shape index (κ3) is 3.98. The van der Waals surface area contributed by atoms with Crippen molar-refractivity contribution in [2.45, 2.75) is 44.9 Å². The number of hydrogen-bond acceptors (Lipinski definition) is 5. The summed E-state index contributed by atoms with van der Waals surface area (Å²) in [6, 6.07) is -1.27. The summed E-state index contributed by atoms with van der Waals surface area (Å²) < 4.78 is 4.79. The molecule has 0 bridgehead atoms. The van der Waals surface area contributed by atoms with Crippen molar-refractivity contribution in [1.29, 1.82) is 0 Å². The molecule has 0 aromatic rings. The zero-order valence-electron chi connectivity index (χ0n) is 10.2. The van der Waals surface area contributed by atoms with Crippen LogP contribution in [-0.2, 0) is 14.3 Å². The first-order valence-electron chi connectivity index (χ1n) is 5.94. The van der Waals surface area contributed by atoms with Gasteiger partial charge in [0.2, 0.25) is 5.91 Å². The van der Waals surface area contributed by atoms with Crippen LogP contribution < -0.4 is 10.6 Å². The fourth-order valence-corrected chi connectivity index (χ4v) is 1.77. The third-order valence-electron chi connectivity index (χ3n) is 2.70. The lowest BCUT2D eigenvalue weighted by Crippen LogP contribution is -2.53. The van der Waals surface area contributed by atoms with E-state index in [2.05, 4.69) is 10.6 Å². The molecule has 0 radical (unpaired) electrons. The van der Waals surface area contributed by atoms with E-state index < -0.39 is 18.1 Å². The highest BCUT2D eigenvalue weighted by Crippen LogP contribution is 2.06. The molecule has 1 heterocycles. The Morgan fingerprint density at radius 2 is 2.29 bits per heavy atom. The van der Waals surface area contributed by atoms with Gasteiger partial charge in [-0.15, -0.1) is 0 Å². The van der Waals surface area contributed by atoms with E-state index in [4.69, 9.17) is 4.74 Å². The first kappa shape index (κ1) is 13.9. The molecule has 98 valence electrons. The van der Waals surface area contributed by atoms with Crippen LogP contribution in [-0.4, -0.2) is 48.3 Å². The number of carbonyl (C=O) groups excluding carboxylic acids is 2. The molecule has 17 heavy (non-hydrogen) atoms. The molecular weight excluding hydrogens is 224 g/mol. The van der Waals surface area contributed by atoms with Crippen molar-refractivity contribution in [3.05, 3.63) is 0 Å². The Labute approximate surface area is 101 Å². The quantitative estimate of drug-likeness (QED) is 0.549. The minimum atomic E-state index is -0.996. The first-order chi connectivity index (χ1) is 8.06. The van der Waals surface area contributed by atoms with Gasteiger partial charge in [0.25, 0.3) is 0 Å². The van der Waals surface area contributed by atoms with E-state index in [1.54, 1.807) is 6.92 Å². The molecule has 3 atom stereocenters. The van der Waals surface area contributed by atoms with Crippen LogP contribution in [0.1, 0.15) is 26.7 Å². The van der Waals surface area contributed by atoms with Gasteiger partial charge < -0.3 is 20.5 Å². The van der Waals surface area contributed by atoms with Crippen molar-refractivity contribution in [2.75, 3.05) is 13.2 Å². The summed E-state index contributed by atoms with van der Waals surface area (Å²) in [5.41, 5.74) is 0. The lowest BCUT2D eigenvalue weighted by molar-refractivity contribution is -0.150. The molecule has 0 aromatic carbocycles. The zero-order chi connectivity index (χ0) is 12.8. The Morgan fingerprint density at radius 1 is 1.59 bits per heavy atom. The van der Waals surface area contributed by atoms with Crippen LogP contribution in [0, 0.1) is 0 Å². The predicted molar refractivity (Wildman–Crippen MR) is 61.3 cm³/mol. The summed E-state index contributed by atoms with van der Waals surface area (Å²) in [5.74, 6) is -0.865. The van der Waals surface area contributed by atoms with E-state index in [1.807, 2.05) is 0 Å². The summed E-state index contributed by atoms with van der Waals surface area (Å²) >= 11 is 0. The molecule has 1 amide bonds. The van der Waals surface area contributed by atoms with Gasteiger partial charge in [-0.1, -0.05) is 0 Å². The summed E-state index contributed by atoms with van der Waals surface area (Å²) in [4.78, 5) is 23.3. The minimum absolute atomic E-state index is 0.222. The zero-order valence-corrected chi connectivity index (χ0v) is 10.2. The van der Waals surface area contributed by atoms with E-state index in [9.17, 15) is 14.7 Å². The number of rotatable bonds is 5. The van der Waals surface area contributed by atoms with E-state index >= 15 is 0 Å². The molecular formula is C11H20N2O4. The van der Waals surface area contributed by atoms with Crippen LogP contribution in [0.4, 0.5) is 0 Å². The van der Waals surface area contributed by atoms with Gasteiger partial charge in [0, 0.05) is 0 Å². The smallest absolute Gasteiger partial charge is 0.331 e. The number of carbonyl (C=O) groups is 2. The molecule has 0 spiro atoms. The van der Waals surface area contributed by atoms with Gasteiger partial charge in [0.1, 0.15) is 0 Å². The Balaban J connectivity index is 2.53. The average molecular weight is 244 g/mol. The molecule has 1 rings (SSSR count). The number of ether oxygens (including phenoxy) is 1. The summed E-state index contributed by atoms with van der Waals surface area (Å²) in [6.45, 7) is 4.15. The molecule has 0 aliphatic carbocycles. The lowest BCUT2D eigenvalue weighted by atomic mass is 10.1. The summed E-state index contributed by atoms with van der Waals surface area (Å²) in [6.07, 6.45) is 0.720. The first-order valence-corrected chi connectivity index (χ1v) is 5.94. The van der Waals surface area contributed by atoms with Gasteiger partial charge >= 0.3 is 5.97 Å². The number of esters is 1. The molecule has 1 aliphatic heterocycles. The molecule has 6 heteroatoms. The molecule has 1 fully saturated rings. The summed E-state index contributed by atoms with van der Waals surface area (Å²) in [7, 11) is 0. The Kier molecular flexibility index (Phi) is 5.37. The Morgan fingerprint density at radius 3 is 2.76 bits per heavy atom. The highest BCUT2D eigenvalue weighted by atomic mass is 16.5. The maximum atomic E-state index is 11.8. The number of amides is 1. The topological polar surface area (TPSA) is 87.7 Å². The van der Waals surface area contributed by atoms with Gasteiger partial charge in [-0.05, 0) is 33.2 Å².